The number of alkyl halides is 1. The molecule has 1 aromatic rings. The second-order valence-corrected chi connectivity index (χ2v) is 5.41. The summed E-state index contributed by atoms with van der Waals surface area (Å²) in [4.78, 5) is -0.698. The maximum Gasteiger partial charge on any atom is 0.264 e. The SMILES string of the molecule is O=S(=O)(Cl)c1cc(C(O)Cl)ccc1F. The van der Waals surface area contributed by atoms with Crippen molar-refractivity contribution in [3.8, 4) is 0 Å². The molecule has 0 fully saturated rings. The Morgan fingerprint density at radius 1 is 1.43 bits per heavy atom. The molecule has 0 saturated heterocycles. The Morgan fingerprint density at radius 2 is 2.00 bits per heavy atom. The Bertz CT molecular complexity index is 444. The van der Waals surface area contributed by atoms with Gasteiger partial charge in [0.1, 0.15) is 10.7 Å². The molecule has 1 rings (SSSR count). The van der Waals surface area contributed by atoms with Crippen LogP contribution >= 0.6 is 22.3 Å². The topological polar surface area (TPSA) is 54.4 Å². The highest BCUT2D eigenvalue weighted by atomic mass is 35.7. The normalized spacial score (nSPS) is 14.0. The number of aliphatic hydroxyl groups is 1. The molecule has 0 aliphatic carbocycles. The maximum atomic E-state index is 12.9. The monoisotopic (exact) mass is 258 g/mol. The van der Waals surface area contributed by atoms with E-state index in [1.807, 2.05) is 0 Å². The Kier molecular flexibility index (Phi) is 3.36. The predicted octanol–water partition coefficient (Wildman–Crippen LogP) is 1.98. The molecule has 0 bridgehead atoms. The van der Waals surface area contributed by atoms with E-state index in [9.17, 15) is 12.8 Å². The van der Waals surface area contributed by atoms with Crippen molar-refractivity contribution < 1.29 is 17.9 Å². The van der Waals surface area contributed by atoms with Gasteiger partial charge in [-0.05, 0) is 17.7 Å². The Balaban J connectivity index is 3.37. The average Bonchev–Trinajstić information content (AvgIpc) is 2.02. The lowest BCUT2D eigenvalue weighted by Crippen LogP contribution is -1.98. The van der Waals surface area contributed by atoms with Crippen LogP contribution in [0, 0.1) is 5.82 Å². The fraction of sp³-hybridized carbons (Fsp3) is 0.143. The lowest BCUT2D eigenvalue weighted by molar-refractivity contribution is 0.262. The molecule has 78 valence electrons. The number of halogens is 3. The van der Waals surface area contributed by atoms with Crippen LogP contribution in [-0.4, -0.2) is 13.5 Å². The molecule has 0 aromatic heterocycles. The molecular formula is C7H5Cl2FO3S. The molecule has 14 heavy (non-hydrogen) atoms. The van der Waals surface area contributed by atoms with E-state index in [4.69, 9.17) is 27.4 Å². The summed E-state index contributed by atoms with van der Waals surface area (Å²) >= 11 is 5.27. The van der Waals surface area contributed by atoms with Gasteiger partial charge in [-0.2, -0.15) is 0 Å². The average molecular weight is 259 g/mol. The minimum absolute atomic E-state index is 0.0623. The molecule has 0 amide bonds. The first-order chi connectivity index (χ1) is 6.32. The molecule has 7 heteroatoms. The van der Waals surface area contributed by atoms with Crippen LogP contribution in [0.5, 0.6) is 0 Å². The van der Waals surface area contributed by atoms with Crippen LogP contribution in [0.1, 0.15) is 11.1 Å². The zero-order valence-electron chi connectivity index (χ0n) is 6.62. The van der Waals surface area contributed by atoms with Crippen LogP contribution in [0.2, 0.25) is 0 Å². The second-order valence-electron chi connectivity index (χ2n) is 2.46. The molecule has 1 N–H and O–H groups in total. The Morgan fingerprint density at radius 3 is 2.43 bits per heavy atom. The standard InChI is InChI=1S/C7H5Cl2FO3S/c8-7(11)4-1-2-5(10)6(3-4)14(9,12)13/h1-3,7,11H. The minimum atomic E-state index is -4.16. The van der Waals surface area contributed by atoms with Gasteiger partial charge in [-0.25, -0.2) is 12.8 Å². The number of hydrogen-bond donors (Lipinski definition) is 1. The van der Waals surface area contributed by atoms with Crippen LogP contribution < -0.4 is 0 Å². The third kappa shape index (κ3) is 2.57. The zero-order valence-corrected chi connectivity index (χ0v) is 8.94. The summed E-state index contributed by atoms with van der Waals surface area (Å²) in [7, 11) is 0.786. The lowest BCUT2D eigenvalue weighted by Gasteiger charge is -2.04. The first kappa shape index (κ1) is 11.7. The summed E-state index contributed by atoms with van der Waals surface area (Å²) in [6.45, 7) is 0. The molecule has 0 aliphatic heterocycles. The van der Waals surface area contributed by atoms with E-state index in [1.54, 1.807) is 0 Å². The van der Waals surface area contributed by atoms with Crippen LogP contribution in [0.4, 0.5) is 4.39 Å². The van der Waals surface area contributed by atoms with Gasteiger partial charge in [-0.15, -0.1) is 0 Å². The van der Waals surface area contributed by atoms with Crippen molar-refractivity contribution >= 4 is 31.3 Å². The molecule has 0 saturated carbocycles. The van der Waals surface area contributed by atoms with Crippen LogP contribution in [-0.2, 0) is 9.05 Å². The van der Waals surface area contributed by atoms with Crippen LogP contribution in [0.25, 0.3) is 0 Å². The van der Waals surface area contributed by atoms with Crippen molar-refractivity contribution in [2.45, 2.75) is 10.5 Å². The molecule has 3 nitrogen and oxygen atoms in total. The maximum absolute atomic E-state index is 12.9. The summed E-state index contributed by atoms with van der Waals surface area (Å²) in [5, 5.41) is 8.91. The number of rotatable bonds is 2. The van der Waals surface area contributed by atoms with E-state index >= 15 is 0 Å². The van der Waals surface area contributed by atoms with E-state index in [2.05, 4.69) is 0 Å². The van der Waals surface area contributed by atoms with Gasteiger partial charge in [0.15, 0.2) is 5.56 Å². The highest BCUT2D eigenvalue weighted by Crippen LogP contribution is 2.24. The molecule has 0 heterocycles. The van der Waals surface area contributed by atoms with Gasteiger partial charge in [-0.1, -0.05) is 17.7 Å². The second kappa shape index (κ2) is 4.02. The Labute approximate surface area is 89.5 Å². The quantitative estimate of drug-likeness (QED) is 0.652. The van der Waals surface area contributed by atoms with Gasteiger partial charge in [0, 0.05) is 10.7 Å². The first-order valence-corrected chi connectivity index (χ1v) is 6.13. The smallest absolute Gasteiger partial charge is 0.264 e. The van der Waals surface area contributed by atoms with E-state index in [1.165, 1.54) is 6.07 Å². The summed E-state index contributed by atoms with van der Waals surface area (Å²) < 4.78 is 34.6. The van der Waals surface area contributed by atoms with E-state index in [-0.39, 0.29) is 5.56 Å². The fourth-order valence-electron chi connectivity index (χ4n) is 0.855. The van der Waals surface area contributed by atoms with Gasteiger partial charge in [-0.3, -0.25) is 0 Å². The molecule has 1 aromatic carbocycles. The first-order valence-electron chi connectivity index (χ1n) is 3.38. The largest absolute Gasteiger partial charge is 0.373 e. The minimum Gasteiger partial charge on any atom is -0.373 e. The van der Waals surface area contributed by atoms with Gasteiger partial charge >= 0.3 is 0 Å². The van der Waals surface area contributed by atoms with Crippen molar-refractivity contribution in [3.63, 3.8) is 0 Å². The van der Waals surface area contributed by atoms with Gasteiger partial charge < -0.3 is 5.11 Å². The molecule has 0 spiro atoms. The molecule has 1 atom stereocenters. The zero-order chi connectivity index (χ0) is 10.9. The highest BCUT2D eigenvalue weighted by Gasteiger charge is 2.18. The number of benzene rings is 1. The van der Waals surface area contributed by atoms with Crippen molar-refractivity contribution in [1.29, 1.82) is 0 Å². The summed E-state index contributed by atoms with van der Waals surface area (Å²) in [6.07, 6.45) is 0. The van der Waals surface area contributed by atoms with Gasteiger partial charge in [0.05, 0.1) is 0 Å². The molecular weight excluding hydrogens is 254 g/mol. The van der Waals surface area contributed by atoms with E-state index < -0.39 is 25.3 Å². The summed E-state index contributed by atoms with van der Waals surface area (Å²) in [5.41, 5.74) is -1.33. The van der Waals surface area contributed by atoms with Crippen molar-refractivity contribution in [1.82, 2.24) is 0 Å². The number of aliphatic hydroxyl groups excluding tert-OH is 1. The van der Waals surface area contributed by atoms with E-state index in [0.717, 1.165) is 12.1 Å². The van der Waals surface area contributed by atoms with E-state index in [0.29, 0.717) is 0 Å². The summed E-state index contributed by atoms with van der Waals surface area (Å²) in [6, 6.07) is 2.92. The van der Waals surface area contributed by atoms with Crippen LogP contribution in [0.15, 0.2) is 23.1 Å². The molecule has 1 unspecified atom stereocenters. The highest BCUT2D eigenvalue weighted by molar-refractivity contribution is 8.13. The van der Waals surface area contributed by atoms with Gasteiger partial charge in [0.2, 0.25) is 0 Å². The van der Waals surface area contributed by atoms with Crippen molar-refractivity contribution in [2.24, 2.45) is 0 Å². The predicted molar refractivity (Wildman–Crippen MR) is 50.3 cm³/mol. The van der Waals surface area contributed by atoms with Crippen molar-refractivity contribution in [3.05, 3.63) is 29.6 Å². The third-order valence-corrected chi connectivity index (χ3v) is 3.08. The third-order valence-electron chi connectivity index (χ3n) is 1.49. The molecule has 0 aliphatic rings. The molecule has 0 radical (unpaired) electrons. The van der Waals surface area contributed by atoms with Crippen molar-refractivity contribution in [2.75, 3.05) is 0 Å². The van der Waals surface area contributed by atoms with Crippen LogP contribution in [0.3, 0.4) is 0 Å². The Hall–Kier alpha value is -0.360. The fourth-order valence-corrected chi connectivity index (χ4v) is 1.92. The van der Waals surface area contributed by atoms with Gasteiger partial charge in [0.25, 0.3) is 9.05 Å². The lowest BCUT2D eigenvalue weighted by atomic mass is 10.2. The number of hydrogen-bond acceptors (Lipinski definition) is 3. The summed E-state index contributed by atoms with van der Waals surface area (Å²) in [5.74, 6) is -0.985.